The zero-order valence-corrected chi connectivity index (χ0v) is 26.0. The van der Waals surface area contributed by atoms with Crippen molar-refractivity contribution in [2.45, 2.75) is 65.2 Å². The molecule has 0 aliphatic rings. The third-order valence-corrected chi connectivity index (χ3v) is 7.13. The van der Waals surface area contributed by atoms with E-state index in [0.717, 1.165) is 54.8 Å². The Balaban J connectivity index is 0.000000305. The fraction of sp³-hybridized carbons (Fsp3) is 0.438. The molecule has 3 aromatic rings. The summed E-state index contributed by atoms with van der Waals surface area (Å²) >= 11 is 1.67. The van der Waals surface area contributed by atoms with Gasteiger partial charge in [0, 0.05) is 46.0 Å². The van der Waals surface area contributed by atoms with Crippen molar-refractivity contribution in [2.75, 3.05) is 37.0 Å². The molecule has 1 aromatic heterocycles. The minimum Gasteiger partial charge on any atom is -0.397 e. The highest BCUT2D eigenvalue weighted by molar-refractivity contribution is 7.98. The van der Waals surface area contributed by atoms with Gasteiger partial charge < -0.3 is 16.0 Å². The van der Waals surface area contributed by atoms with E-state index in [2.05, 4.69) is 30.7 Å². The molecule has 6 nitrogen and oxygen atoms in total. The fourth-order valence-corrected chi connectivity index (χ4v) is 4.20. The van der Waals surface area contributed by atoms with Crippen LogP contribution in [-0.4, -0.2) is 41.8 Å². The highest BCUT2D eigenvalue weighted by atomic mass is 32.2. The topological polar surface area (TPSA) is 86.1 Å². The molecule has 3 N–H and O–H groups in total. The van der Waals surface area contributed by atoms with Crippen LogP contribution in [0.25, 0.3) is 0 Å². The molecule has 0 aliphatic carbocycles. The van der Waals surface area contributed by atoms with E-state index in [4.69, 9.17) is 11.1 Å². The number of rotatable bonds is 11. The first-order valence-electron chi connectivity index (χ1n) is 14.0. The maximum absolute atomic E-state index is 13.9. The smallest absolute Gasteiger partial charge is 0.255 e. The number of nitrogens with one attached hydrogen (secondary N) is 1. The van der Waals surface area contributed by atoms with Crippen molar-refractivity contribution in [3.63, 3.8) is 0 Å². The lowest BCUT2D eigenvalue weighted by molar-refractivity contribution is -0.428. The van der Waals surface area contributed by atoms with E-state index in [1.54, 1.807) is 36.2 Å². The number of nitrogens with two attached hydrogens (primary N) is 1. The molecular formula is C32H47FN5OS+. The lowest BCUT2D eigenvalue weighted by atomic mass is 9.99. The fourth-order valence-electron chi connectivity index (χ4n) is 3.79. The van der Waals surface area contributed by atoms with Crippen LogP contribution in [0.4, 0.5) is 21.5 Å². The minimum absolute atomic E-state index is 0.0822. The molecule has 218 valence electrons. The Morgan fingerprint density at radius 1 is 1.07 bits per heavy atom. The van der Waals surface area contributed by atoms with Gasteiger partial charge in [-0.2, -0.15) is 0 Å². The average molecular weight is 569 g/mol. The second-order valence-electron chi connectivity index (χ2n) is 9.49. The van der Waals surface area contributed by atoms with Crippen LogP contribution in [0.1, 0.15) is 65.1 Å². The number of benzene rings is 2. The predicted octanol–water partition coefficient (Wildman–Crippen LogP) is 8.54. The van der Waals surface area contributed by atoms with E-state index in [0.29, 0.717) is 22.8 Å². The Labute approximate surface area is 244 Å². The Kier molecular flexibility index (Phi) is 16.4. The van der Waals surface area contributed by atoms with Gasteiger partial charge in [-0.1, -0.05) is 40.7 Å². The number of nitroso groups, excluding NO2 is 1. The molecule has 40 heavy (non-hydrogen) atoms. The number of hydrogen-bond donors (Lipinski definition) is 2. The van der Waals surface area contributed by atoms with Crippen LogP contribution < -0.4 is 10.6 Å². The van der Waals surface area contributed by atoms with E-state index >= 15 is 0 Å². The van der Waals surface area contributed by atoms with Gasteiger partial charge in [0.05, 0.1) is 17.1 Å². The molecule has 0 amide bonds. The number of halogens is 1. The standard InChI is InChI=1S/C14H22FN.C10H15N3.C8H10NOS/c1-4-9-16(10-5-2)14-8-7-12(6-3)11-13(14)15;1-3-7(2)9(12)10-8(11)5-4-6-13-10;1-9(10)7-3-5-8(11-2)6-4-7/h7-8,11H,4-6,9-10H2,1-3H3;4-7,12H,3,11H2,1-2H3;3-6H,1-2H3/q;;+1. The van der Waals surface area contributed by atoms with Gasteiger partial charge in [0.25, 0.3) is 5.69 Å². The first kappa shape index (κ1) is 34.8. The molecule has 2 aromatic carbocycles. The van der Waals surface area contributed by atoms with Crippen LogP contribution in [0.2, 0.25) is 0 Å². The Morgan fingerprint density at radius 2 is 1.70 bits per heavy atom. The molecule has 0 bridgehead atoms. The summed E-state index contributed by atoms with van der Waals surface area (Å²) in [6.45, 7) is 12.2. The lowest BCUT2D eigenvalue weighted by Crippen LogP contribution is -2.25. The van der Waals surface area contributed by atoms with E-state index in [1.807, 2.05) is 56.5 Å². The van der Waals surface area contributed by atoms with Crippen molar-refractivity contribution in [3.05, 3.63) is 82.8 Å². The van der Waals surface area contributed by atoms with E-state index in [9.17, 15) is 9.30 Å². The molecule has 0 spiro atoms. The summed E-state index contributed by atoms with van der Waals surface area (Å²) in [6, 6.07) is 16.7. The minimum atomic E-state index is -0.0822. The number of nitrogen functional groups attached to an aromatic ring is 1. The number of anilines is 2. The van der Waals surface area contributed by atoms with Crippen LogP contribution in [0.3, 0.4) is 0 Å². The molecule has 0 saturated heterocycles. The number of pyridine rings is 1. The average Bonchev–Trinajstić information content (AvgIpc) is 2.97. The third kappa shape index (κ3) is 11.5. The predicted molar refractivity (Wildman–Crippen MR) is 171 cm³/mol. The van der Waals surface area contributed by atoms with Crippen molar-refractivity contribution < 1.29 is 9.15 Å². The second-order valence-corrected chi connectivity index (χ2v) is 10.4. The van der Waals surface area contributed by atoms with E-state index < -0.39 is 0 Å². The maximum Gasteiger partial charge on any atom is 0.255 e. The Bertz CT molecular complexity index is 1180. The molecular weight excluding hydrogens is 521 g/mol. The molecule has 1 heterocycles. The van der Waals surface area contributed by atoms with E-state index in [1.165, 1.54) is 11.9 Å². The zero-order chi connectivity index (χ0) is 30.1. The maximum atomic E-state index is 13.9. The summed E-state index contributed by atoms with van der Waals surface area (Å²) < 4.78 is 14.7. The Morgan fingerprint density at radius 3 is 2.15 bits per heavy atom. The Hall–Kier alpha value is -3.26. The van der Waals surface area contributed by atoms with Gasteiger partial charge in [-0.25, -0.2) is 4.39 Å². The molecule has 0 radical (unpaired) electrons. The van der Waals surface area contributed by atoms with Crippen LogP contribution in [0.15, 0.2) is 65.7 Å². The highest BCUT2D eigenvalue weighted by Crippen LogP contribution is 2.22. The van der Waals surface area contributed by atoms with Gasteiger partial charge in [0.2, 0.25) is 0 Å². The van der Waals surface area contributed by atoms with Crippen molar-refractivity contribution in [1.82, 2.24) is 4.98 Å². The van der Waals surface area contributed by atoms with Crippen molar-refractivity contribution in [2.24, 2.45) is 5.92 Å². The summed E-state index contributed by atoms with van der Waals surface area (Å²) in [7, 11) is 1.49. The summed E-state index contributed by atoms with van der Waals surface area (Å²) in [5, 5.41) is 7.83. The van der Waals surface area contributed by atoms with Crippen LogP contribution in [0.5, 0.6) is 0 Å². The number of hydrogen-bond acceptors (Lipinski definition) is 6. The summed E-state index contributed by atoms with van der Waals surface area (Å²) in [5.41, 5.74) is 9.96. The quantitative estimate of drug-likeness (QED) is 0.137. The van der Waals surface area contributed by atoms with Gasteiger partial charge in [-0.15, -0.1) is 11.8 Å². The van der Waals surface area contributed by atoms with Crippen molar-refractivity contribution in [1.29, 1.82) is 5.41 Å². The zero-order valence-electron chi connectivity index (χ0n) is 25.2. The first-order chi connectivity index (χ1) is 19.1. The normalized spacial score (nSPS) is 10.9. The molecule has 8 heteroatoms. The second kappa shape index (κ2) is 18.9. The molecule has 3 rings (SSSR count). The van der Waals surface area contributed by atoms with E-state index in [-0.39, 0.29) is 11.7 Å². The van der Waals surface area contributed by atoms with Gasteiger partial charge >= 0.3 is 0 Å². The van der Waals surface area contributed by atoms with Crippen molar-refractivity contribution in [3.8, 4) is 0 Å². The SMILES string of the molecule is CCC(C)C(=N)c1ncccc1N.CCCN(CCC)c1ccc(CC)cc1F.CSc1ccc([N+](C)=O)cc1. The van der Waals surface area contributed by atoms with Gasteiger partial charge in [0.15, 0.2) is 7.05 Å². The summed E-state index contributed by atoms with van der Waals surface area (Å²) in [5.74, 6) is 0.137. The van der Waals surface area contributed by atoms with Crippen molar-refractivity contribution >= 4 is 34.5 Å². The highest BCUT2D eigenvalue weighted by Gasteiger charge is 2.12. The monoisotopic (exact) mass is 568 g/mol. The molecule has 0 saturated carbocycles. The third-order valence-electron chi connectivity index (χ3n) is 6.38. The largest absolute Gasteiger partial charge is 0.397 e. The number of aromatic nitrogens is 1. The first-order valence-corrected chi connectivity index (χ1v) is 15.2. The molecule has 1 unspecified atom stereocenters. The summed E-state index contributed by atoms with van der Waals surface area (Å²) in [6.07, 6.45) is 7.61. The van der Waals surface area contributed by atoms with Crippen LogP contribution in [0, 0.1) is 22.1 Å². The summed E-state index contributed by atoms with van der Waals surface area (Å²) in [4.78, 5) is 18.2. The molecule has 0 fully saturated rings. The molecule has 0 aliphatic heterocycles. The van der Waals surface area contributed by atoms with Gasteiger partial charge in [-0.3, -0.25) is 4.98 Å². The van der Waals surface area contributed by atoms with Crippen LogP contribution in [-0.2, 0) is 6.42 Å². The number of aryl methyl sites for hydroxylation is 1. The number of thioether (sulfide) groups is 1. The van der Waals surface area contributed by atoms with Gasteiger partial charge in [-0.05, 0) is 79.8 Å². The number of nitrogens with zero attached hydrogens (tertiary/aromatic N) is 3. The lowest BCUT2D eigenvalue weighted by Gasteiger charge is -2.24. The van der Waals surface area contributed by atoms with Gasteiger partial charge in [0.1, 0.15) is 11.5 Å². The molecule has 1 atom stereocenters. The van der Waals surface area contributed by atoms with Crippen LogP contribution >= 0.6 is 11.8 Å².